The number of aryl methyl sites for hydroxylation is 1. The van der Waals surface area contributed by atoms with Crippen molar-refractivity contribution in [2.24, 2.45) is 0 Å². The van der Waals surface area contributed by atoms with Gasteiger partial charge in [-0.15, -0.1) is 0 Å². The lowest BCUT2D eigenvalue weighted by atomic mass is 10.2. The quantitative estimate of drug-likeness (QED) is 0.733. The lowest BCUT2D eigenvalue weighted by molar-refractivity contribution is -0.141. The summed E-state index contributed by atoms with van der Waals surface area (Å²) in [6.07, 6.45) is -2.33. The number of carboxylic acid groups (broad SMARTS) is 1. The first-order valence-electron chi connectivity index (χ1n) is 7.54. The molecule has 0 bridgehead atoms. The van der Waals surface area contributed by atoms with Crippen LogP contribution in [-0.4, -0.2) is 43.3 Å². The summed E-state index contributed by atoms with van der Waals surface area (Å²) >= 11 is 0. The molecule has 0 aromatic heterocycles. The van der Waals surface area contributed by atoms with Crippen molar-refractivity contribution < 1.29 is 32.0 Å². The number of carbonyl (C=O) groups excluding carboxylic acids is 1. The van der Waals surface area contributed by atoms with Crippen LogP contribution in [0.5, 0.6) is 0 Å². The zero-order valence-corrected chi connectivity index (χ0v) is 15.6. The molecule has 0 heterocycles. The predicted octanol–water partition coefficient (Wildman–Crippen LogP) is 2.07. The van der Waals surface area contributed by atoms with Crippen LogP contribution in [0.1, 0.15) is 33.3 Å². The third kappa shape index (κ3) is 6.71. The molecule has 1 rings (SSSR count). The number of hydrogen-bond acceptors (Lipinski definition) is 6. The van der Waals surface area contributed by atoms with Gasteiger partial charge in [0.25, 0.3) is 10.1 Å². The van der Waals surface area contributed by atoms with Crippen LogP contribution in [0, 0.1) is 6.92 Å². The number of aliphatic carboxylic acids is 1. The van der Waals surface area contributed by atoms with Gasteiger partial charge in [-0.3, -0.25) is 4.18 Å². The summed E-state index contributed by atoms with van der Waals surface area (Å²) in [7, 11) is -4.18. The SMILES string of the molecule is Cc1ccc(S(=O)(=O)O[C@@H](C)[C@H](NC(=O)OC(C)(C)C)C(=O)O)cc1. The first-order valence-corrected chi connectivity index (χ1v) is 8.95. The van der Waals surface area contributed by atoms with Crippen molar-refractivity contribution in [1.29, 1.82) is 0 Å². The van der Waals surface area contributed by atoms with Crippen molar-refractivity contribution in [3.8, 4) is 0 Å². The second-order valence-corrected chi connectivity index (χ2v) is 8.10. The van der Waals surface area contributed by atoms with Gasteiger partial charge in [-0.1, -0.05) is 17.7 Å². The van der Waals surface area contributed by atoms with Crippen LogP contribution in [0.3, 0.4) is 0 Å². The number of carbonyl (C=O) groups is 2. The predicted molar refractivity (Wildman–Crippen MR) is 89.7 cm³/mol. The Bertz CT molecular complexity index is 720. The molecule has 0 unspecified atom stereocenters. The van der Waals surface area contributed by atoms with E-state index in [1.54, 1.807) is 39.8 Å². The molecule has 2 N–H and O–H groups in total. The van der Waals surface area contributed by atoms with Crippen LogP contribution in [-0.2, 0) is 23.8 Å². The van der Waals surface area contributed by atoms with Crippen LogP contribution in [0.15, 0.2) is 29.2 Å². The van der Waals surface area contributed by atoms with Crippen LogP contribution in [0.4, 0.5) is 4.79 Å². The number of rotatable bonds is 6. The lowest BCUT2D eigenvalue weighted by Gasteiger charge is -2.24. The van der Waals surface area contributed by atoms with Gasteiger partial charge < -0.3 is 15.2 Å². The minimum atomic E-state index is -4.18. The Labute approximate surface area is 147 Å². The fourth-order valence-electron chi connectivity index (χ4n) is 1.83. The Morgan fingerprint density at radius 2 is 1.68 bits per heavy atom. The van der Waals surface area contributed by atoms with E-state index in [0.717, 1.165) is 5.56 Å². The molecule has 140 valence electrons. The topological polar surface area (TPSA) is 119 Å². The normalized spacial score (nSPS) is 14.4. The molecule has 0 aliphatic carbocycles. The number of alkyl carbamates (subject to hydrolysis) is 1. The fourth-order valence-corrected chi connectivity index (χ4v) is 2.92. The van der Waals surface area contributed by atoms with Crippen molar-refractivity contribution in [3.63, 3.8) is 0 Å². The van der Waals surface area contributed by atoms with E-state index in [9.17, 15) is 23.1 Å². The van der Waals surface area contributed by atoms with E-state index in [1.165, 1.54) is 19.1 Å². The molecule has 0 saturated heterocycles. The highest BCUT2D eigenvalue weighted by molar-refractivity contribution is 7.86. The molecule has 1 aromatic rings. The van der Waals surface area contributed by atoms with E-state index >= 15 is 0 Å². The van der Waals surface area contributed by atoms with Gasteiger partial charge in [-0.05, 0) is 46.8 Å². The third-order valence-corrected chi connectivity index (χ3v) is 4.40. The molecule has 0 fully saturated rings. The summed E-state index contributed by atoms with van der Waals surface area (Å²) in [4.78, 5) is 23.0. The molecule has 0 spiro atoms. The van der Waals surface area contributed by atoms with Crippen LogP contribution in [0.2, 0.25) is 0 Å². The molecule has 0 saturated carbocycles. The molecule has 1 aromatic carbocycles. The summed E-state index contributed by atoms with van der Waals surface area (Å²) in [5.74, 6) is -1.45. The zero-order valence-electron chi connectivity index (χ0n) is 14.8. The van der Waals surface area contributed by atoms with Crippen molar-refractivity contribution in [2.75, 3.05) is 0 Å². The van der Waals surface area contributed by atoms with Gasteiger partial charge in [0.2, 0.25) is 0 Å². The van der Waals surface area contributed by atoms with Crippen LogP contribution < -0.4 is 5.32 Å². The number of hydrogen-bond donors (Lipinski definition) is 2. The molecule has 25 heavy (non-hydrogen) atoms. The molecule has 0 aliphatic rings. The summed E-state index contributed by atoms with van der Waals surface area (Å²) in [6, 6.07) is 4.29. The monoisotopic (exact) mass is 373 g/mol. The van der Waals surface area contributed by atoms with E-state index in [-0.39, 0.29) is 4.90 Å². The van der Waals surface area contributed by atoms with Gasteiger partial charge in [-0.2, -0.15) is 8.42 Å². The van der Waals surface area contributed by atoms with Gasteiger partial charge in [0.15, 0.2) is 6.04 Å². The highest BCUT2D eigenvalue weighted by Crippen LogP contribution is 2.17. The van der Waals surface area contributed by atoms with Crippen LogP contribution >= 0.6 is 0 Å². The maximum absolute atomic E-state index is 12.2. The summed E-state index contributed by atoms with van der Waals surface area (Å²) in [5, 5.41) is 11.4. The van der Waals surface area contributed by atoms with Gasteiger partial charge in [-0.25, -0.2) is 9.59 Å². The van der Waals surface area contributed by atoms with Gasteiger partial charge >= 0.3 is 12.1 Å². The lowest BCUT2D eigenvalue weighted by Crippen LogP contribution is -2.50. The molecule has 0 radical (unpaired) electrons. The number of ether oxygens (including phenoxy) is 1. The third-order valence-electron chi connectivity index (χ3n) is 3.00. The van der Waals surface area contributed by atoms with E-state index in [0.29, 0.717) is 0 Å². The molecule has 1 amide bonds. The smallest absolute Gasteiger partial charge is 0.408 e. The Hall–Kier alpha value is -2.13. The van der Waals surface area contributed by atoms with E-state index < -0.39 is 39.9 Å². The average Bonchev–Trinajstić information content (AvgIpc) is 2.42. The standard InChI is InChI=1S/C16H23NO7S/c1-10-6-8-12(9-7-10)25(21,22)24-11(2)13(14(18)19)17-15(20)23-16(3,4)5/h6-9,11,13H,1-5H3,(H,17,20)(H,18,19)/t11-,13-/m0/s1. The van der Waals surface area contributed by atoms with Crippen molar-refractivity contribution in [3.05, 3.63) is 29.8 Å². The first kappa shape index (κ1) is 20.9. The summed E-state index contributed by atoms with van der Waals surface area (Å²) in [5.41, 5.74) is 0.0348. The largest absolute Gasteiger partial charge is 0.480 e. The summed E-state index contributed by atoms with van der Waals surface area (Å²) in [6.45, 7) is 7.88. The first-order chi connectivity index (χ1) is 11.3. The second-order valence-electron chi connectivity index (χ2n) is 6.53. The molecule has 8 nitrogen and oxygen atoms in total. The Morgan fingerprint density at radius 3 is 2.12 bits per heavy atom. The van der Waals surface area contributed by atoms with Gasteiger partial charge in [0.1, 0.15) is 11.7 Å². The summed E-state index contributed by atoms with van der Waals surface area (Å²) < 4.78 is 34.4. The highest BCUT2D eigenvalue weighted by atomic mass is 32.2. The average molecular weight is 373 g/mol. The van der Waals surface area contributed by atoms with E-state index in [2.05, 4.69) is 5.32 Å². The molecular weight excluding hydrogens is 350 g/mol. The minimum Gasteiger partial charge on any atom is -0.480 e. The number of amides is 1. The number of nitrogens with one attached hydrogen (secondary N) is 1. The zero-order chi connectivity index (χ0) is 19.4. The molecule has 2 atom stereocenters. The second kappa shape index (κ2) is 7.83. The maximum Gasteiger partial charge on any atom is 0.408 e. The highest BCUT2D eigenvalue weighted by Gasteiger charge is 2.33. The fraction of sp³-hybridized carbons (Fsp3) is 0.500. The molecular formula is C16H23NO7S. The maximum atomic E-state index is 12.2. The van der Waals surface area contributed by atoms with Crippen LogP contribution in [0.25, 0.3) is 0 Å². The van der Waals surface area contributed by atoms with Crippen molar-refractivity contribution in [1.82, 2.24) is 5.32 Å². The molecule has 0 aliphatic heterocycles. The van der Waals surface area contributed by atoms with Crippen molar-refractivity contribution in [2.45, 2.75) is 57.3 Å². The Morgan fingerprint density at radius 1 is 1.16 bits per heavy atom. The van der Waals surface area contributed by atoms with E-state index in [4.69, 9.17) is 8.92 Å². The Kier molecular flexibility index (Phi) is 6.55. The Balaban J connectivity index is 2.89. The molecule has 9 heteroatoms. The van der Waals surface area contributed by atoms with Crippen molar-refractivity contribution >= 4 is 22.2 Å². The van der Waals surface area contributed by atoms with E-state index in [1.807, 2.05) is 0 Å². The number of benzene rings is 1. The van der Waals surface area contributed by atoms with Gasteiger partial charge in [0, 0.05) is 0 Å². The minimum absolute atomic E-state index is 0.105. The van der Waals surface area contributed by atoms with Gasteiger partial charge in [0.05, 0.1) is 4.90 Å². The number of carboxylic acids is 1.